The molecule has 31 heavy (non-hydrogen) atoms. The molecule has 0 bridgehead atoms. The lowest BCUT2D eigenvalue weighted by Crippen LogP contribution is -2.26. The highest BCUT2D eigenvalue weighted by Gasteiger charge is 2.12. The predicted molar refractivity (Wildman–Crippen MR) is 116 cm³/mol. The maximum absolute atomic E-state index is 13.0. The summed E-state index contributed by atoms with van der Waals surface area (Å²) in [6, 6.07) is 19.2. The lowest BCUT2D eigenvalue weighted by molar-refractivity contribution is -0.118. The van der Waals surface area contributed by atoms with Crippen LogP contribution in [0.25, 0.3) is 0 Å². The Morgan fingerprint density at radius 2 is 1.68 bits per heavy atom. The Balaban J connectivity index is 1.50. The minimum Gasteiger partial charge on any atom is -0.497 e. The van der Waals surface area contributed by atoms with Crippen LogP contribution < -0.4 is 20.1 Å². The van der Waals surface area contributed by atoms with Crippen molar-refractivity contribution in [2.75, 3.05) is 19.0 Å². The Kier molecular flexibility index (Phi) is 7.22. The molecule has 0 aliphatic heterocycles. The quantitative estimate of drug-likeness (QED) is 0.566. The molecule has 0 aromatic heterocycles. The summed E-state index contributed by atoms with van der Waals surface area (Å²) in [5.41, 5.74) is 1.86. The molecule has 0 fully saturated rings. The fourth-order valence-corrected chi connectivity index (χ4v) is 2.86. The maximum Gasteiger partial charge on any atom is 0.262 e. The number of amides is 2. The molecule has 0 saturated heterocycles. The van der Waals surface area contributed by atoms with Crippen LogP contribution in [0.1, 0.15) is 28.9 Å². The largest absolute Gasteiger partial charge is 0.497 e. The maximum atomic E-state index is 13.0. The molecule has 0 spiro atoms. The normalized spacial score (nSPS) is 11.3. The molecule has 0 heterocycles. The van der Waals surface area contributed by atoms with Crippen molar-refractivity contribution in [3.8, 4) is 11.5 Å². The average molecular weight is 422 g/mol. The Bertz CT molecular complexity index is 1040. The van der Waals surface area contributed by atoms with Gasteiger partial charge in [0.1, 0.15) is 17.3 Å². The number of benzene rings is 3. The Morgan fingerprint density at radius 3 is 2.35 bits per heavy atom. The molecule has 0 radical (unpaired) electrons. The van der Waals surface area contributed by atoms with Crippen LogP contribution in [-0.2, 0) is 4.79 Å². The second-order valence-electron chi connectivity index (χ2n) is 6.84. The molecular formula is C24H23FN2O4. The number of carbonyl (C=O) groups excluding carboxylic acids is 2. The molecule has 1 atom stereocenters. The average Bonchev–Trinajstić information content (AvgIpc) is 2.78. The van der Waals surface area contributed by atoms with E-state index in [1.54, 1.807) is 67.8 Å². The summed E-state index contributed by atoms with van der Waals surface area (Å²) in [6.45, 7) is 1.65. The van der Waals surface area contributed by atoms with Gasteiger partial charge in [-0.2, -0.15) is 0 Å². The number of hydrogen-bond donors (Lipinski definition) is 2. The lowest BCUT2D eigenvalue weighted by atomic mass is 10.1. The van der Waals surface area contributed by atoms with E-state index in [1.165, 1.54) is 12.1 Å². The van der Waals surface area contributed by atoms with Gasteiger partial charge in [-0.15, -0.1) is 0 Å². The Morgan fingerprint density at radius 1 is 0.968 bits per heavy atom. The highest BCUT2D eigenvalue weighted by Crippen LogP contribution is 2.18. The first-order chi connectivity index (χ1) is 14.9. The molecule has 1 unspecified atom stereocenters. The van der Waals surface area contributed by atoms with E-state index in [-0.39, 0.29) is 30.3 Å². The van der Waals surface area contributed by atoms with Crippen molar-refractivity contribution in [1.82, 2.24) is 5.32 Å². The fourth-order valence-electron chi connectivity index (χ4n) is 2.86. The van der Waals surface area contributed by atoms with Gasteiger partial charge in [0.2, 0.25) is 0 Å². The van der Waals surface area contributed by atoms with E-state index in [2.05, 4.69) is 10.6 Å². The van der Waals surface area contributed by atoms with Crippen LogP contribution in [0.3, 0.4) is 0 Å². The summed E-state index contributed by atoms with van der Waals surface area (Å²) in [6.07, 6.45) is 0. The van der Waals surface area contributed by atoms with Crippen molar-refractivity contribution >= 4 is 17.5 Å². The van der Waals surface area contributed by atoms with Gasteiger partial charge in [-0.1, -0.05) is 18.2 Å². The van der Waals surface area contributed by atoms with Gasteiger partial charge in [0.25, 0.3) is 11.8 Å². The molecule has 0 aliphatic carbocycles. The summed E-state index contributed by atoms with van der Waals surface area (Å²) >= 11 is 0. The summed E-state index contributed by atoms with van der Waals surface area (Å²) in [5, 5.41) is 5.59. The number of rotatable bonds is 8. The number of hydrogen-bond acceptors (Lipinski definition) is 4. The molecule has 3 aromatic rings. The molecule has 7 heteroatoms. The molecule has 160 valence electrons. The lowest BCUT2D eigenvalue weighted by Gasteiger charge is -2.14. The summed E-state index contributed by atoms with van der Waals surface area (Å²) < 4.78 is 23.6. The van der Waals surface area contributed by atoms with E-state index in [9.17, 15) is 14.0 Å². The van der Waals surface area contributed by atoms with Gasteiger partial charge < -0.3 is 20.1 Å². The van der Waals surface area contributed by atoms with Gasteiger partial charge in [-0.25, -0.2) is 4.39 Å². The first-order valence-electron chi connectivity index (χ1n) is 9.67. The van der Waals surface area contributed by atoms with Crippen LogP contribution in [0.4, 0.5) is 10.1 Å². The third-order valence-corrected chi connectivity index (χ3v) is 4.56. The van der Waals surface area contributed by atoms with E-state index in [0.717, 1.165) is 5.56 Å². The SMILES string of the molecule is COc1cccc(NC(=O)COc2ccc(C(=O)NC(C)c3ccc(F)cc3)cc2)c1. The van der Waals surface area contributed by atoms with Crippen LogP contribution in [-0.4, -0.2) is 25.5 Å². The van der Waals surface area contributed by atoms with Crippen molar-refractivity contribution < 1.29 is 23.5 Å². The van der Waals surface area contributed by atoms with Crippen LogP contribution in [0.2, 0.25) is 0 Å². The van der Waals surface area contributed by atoms with Gasteiger partial charge >= 0.3 is 0 Å². The smallest absolute Gasteiger partial charge is 0.262 e. The zero-order valence-electron chi connectivity index (χ0n) is 17.2. The second-order valence-corrected chi connectivity index (χ2v) is 6.84. The van der Waals surface area contributed by atoms with Crippen LogP contribution in [0.5, 0.6) is 11.5 Å². The van der Waals surface area contributed by atoms with Gasteiger partial charge in [0, 0.05) is 17.3 Å². The van der Waals surface area contributed by atoms with Crippen LogP contribution in [0.15, 0.2) is 72.8 Å². The van der Waals surface area contributed by atoms with Crippen molar-refractivity contribution in [1.29, 1.82) is 0 Å². The van der Waals surface area contributed by atoms with Gasteiger partial charge in [-0.05, 0) is 61.0 Å². The molecule has 0 aliphatic rings. The van der Waals surface area contributed by atoms with Crippen molar-refractivity contribution in [2.24, 2.45) is 0 Å². The van der Waals surface area contributed by atoms with Gasteiger partial charge in [0.05, 0.1) is 13.2 Å². The fraction of sp³-hybridized carbons (Fsp3) is 0.167. The third-order valence-electron chi connectivity index (χ3n) is 4.56. The summed E-state index contributed by atoms with van der Waals surface area (Å²) in [7, 11) is 1.55. The topological polar surface area (TPSA) is 76.7 Å². The molecule has 2 N–H and O–H groups in total. The highest BCUT2D eigenvalue weighted by molar-refractivity contribution is 5.94. The first kappa shape index (κ1) is 21.8. The Hall–Kier alpha value is -3.87. The Labute approximate surface area is 180 Å². The van der Waals surface area contributed by atoms with Crippen molar-refractivity contribution in [3.63, 3.8) is 0 Å². The van der Waals surface area contributed by atoms with E-state index in [1.807, 2.05) is 6.92 Å². The first-order valence-corrected chi connectivity index (χ1v) is 9.67. The number of ether oxygens (including phenoxy) is 2. The summed E-state index contributed by atoms with van der Waals surface area (Å²) in [5.74, 6) is 0.197. The van der Waals surface area contributed by atoms with Crippen molar-refractivity contribution in [2.45, 2.75) is 13.0 Å². The van der Waals surface area contributed by atoms with Gasteiger partial charge in [0.15, 0.2) is 6.61 Å². The number of nitrogens with one attached hydrogen (secondary N) is 2. The zero-order valence-corrected chi connectivity index (χ0v) is 17.2. The minimum absolute atomic E-state index is 0.176. The van der Waals surface area contributed by atoms with E-state index in [0.29, 0.717) is 22.7 Å². The zero-order chi connectivity index (χ0) is 22.2. The molecule has 3 aromatic carbocycles. The third kappa shape index (κ3) is 6.30. The van der Waals surface area contributed by atoms with Crippen LogP contribution >= 0.6 is 0 Å². The number of carbonyl (C=O) groups is 2. The monoisotopic (exact) mass is 422 g/mol. The summed E-state index contributed by atoms with van der Waals surface area (Å²) in [4.78, 5) is 24.5. The van der Waals surface area contributed by atoms with Crippen molar-refractivity contribution in [3.05, 3.63) is 89.7 Å². The molecule has 0 saturated carbocycles. The van der Waals surface area contributed by atoms with E-state index < -0.39 is 0 Å². The number of anilines is 1. The van der Waals surface area contributed by atoms with Crippen LogP contribution in [0, 0.1) is 5.82 Å². The second kappa shape index (κ2) is 10.2. The standard InChI is InChI=1S/C24H23FN2O4/c1-16(17-6-10-19(25)11-7-17)26-24(29)18-8-12-21(13-9-18)31-15-23(28)27-20-4-3-5-22(14-20)30-2/h3-14,16H,15H2,1-2H3,(H,26,29)(H,27,28). The number of methoxy groups -OCH3 is 1. The molecule has 2 amide bonds. The van der Waals surface area contributed by atoms with E-state index >= 15 is 0 Å². The minimum atomic E-state index is -0.324. The highest BCUT2D eigenvalue weighted by atomic mass is 19.1. The molecular weight excluding hydrogens is 399 g/mol. The molecule has 6 nitrogen and oxygen atoms in total. The predicted octanol–water partition coefficient (Wildman–Crippen LogP) is 4.34. The van der Waals surface area contributed by atoms with E-state index in [4.69, 9.17) is 9.47 Å². The molecule has 3 rings (SSSR count). The van der Waals surface area contributed by atoms with Gasteiger partial charge in [-0.3, -0.25) is 9.59 Å². The number of halogens is 1.